The first-order valence-corrected chi connectivity index (χ1v) is 2.21. The number of aliphatic imine (C=N–C) groups is 2. The molecule has 0 saturated carbocycles. The molecule has 3 nitrogen and oxygen atoms in total. The minimum absolute atomic E-state index is 1.44. The Morgan fingerprint density at radius 1 is 1.50 bits per heavy atom. The van der Waals surface area contributed by atoms with Crippen LogP contribution in [0.3, 0.4) is 0 Å². The molecule has 0 aromatic rings. The van der Waals surface area contributed by atoms with Crippen LogP contribution >= 0.6 is 0 Å². The number of hydrogen-bond donors (Lipinski definition) is 1. The van der Waals surface area contributed by atoms with E-state index in [9.17, 15) is 0 Å². The second kappa shape index (κ2) is 5.88. The zero-order valence-corrected chi connectivity index (χ0v) is 4.83. The molecule has 0 amide bonds. The van der Waals surface area contributed by atoms with Crippen molar-refractivity contribution in [2.45, 2.75) is 0 Å². The lowest BCUT2D eigenvalue weighted by molar-refractivity contribution is 1.36. The van der Waals surface area contributed by atoms with E-state index in [1.807, 2.05) is 0 Å². The minimum Gasteiger partial charge on any atom is -0.338 e. The van der Waals surface area contributed by atoms with Crippen LogP contribution in [0.5, 0.6) is 0 Å². The molecule has 0 aliphatic heterocycles. The topological polar surface area (TPSA) is 36.8 Å². The molecule has 0 aromatic heterocycles. The van der Waals surface area contributed by atoms with E-state index in [4.69, 9.17) is 0 Å². The van der Waals surface area contributed by atoms with E-state index in [0.29, 0.717) is 0 Å². The van der Waals surface area contributed by atoms with Gasteiger partial charge in [-0.15, -0.1) is 0 Å². The van der Waals surface area contributed by atoms with Gasteiger partial charge in [-0.2, -0.15) is 0 Å². The first-order chi connectivity index (χ1) is 3.91. The largest absolute Gasteiger partial charge is 0.338 e. The van der Waals surface area contributed by atoms with Crippen molar-refractivity contribution in [1.82, 2.24) is 5.32 Å². The van der Waals surface area contributed by atoms with Crippen LogP contribution in [0.1, 0.15) is 0 Å². The molecule has 1 N–H and O–H groups in total. The van der Waals surface area contributed by atoms with Crippen molar-refractivity contribution >= 4 is 12.7 Å². The molecule has 0 fully saturated rings. The average molecular weight is 111 g/mol. The van der Waals surface area contributed by atoms with Crippen molar-refractivity contribution in [2.24, 2.45) is 9.98 Å². The molecule has 3 heteroatoms. The highest BCUT2D eigenvalue weighted by atomic mass is 15.0. The Labute approximate surface area is 48.8 Å². The molecule has 0 aliphatic carbocycles. The number of hydrogen-bond acceptors (Lipinski definition) is 2. The summed E-state index contributed by atoms with van der Waals surface area (Å²) in [6, 6.07) is 0. The van der Waals surface area contributed by atoms with Gasteiger partial charge >= 0.3 is 0 Å². The van der Waals surface area contributed by atoms with Crippen molar-refractivity contribution < 1.29 is 0 Å². The second-order valence-electron chi connectivity index (χ2n) is 1.01. The summed E-state index contributed by atoms with van der Waals surface area (Å²) in [4.78, 5) is 7.29. The molecular weight excluding hydrogens is 102 g/mol. The summed E-state index contributed by atoms with van der Waals surface area (Å²) in [5.74, 6) is 0. The molecule has 0 atom stereocenters. The van der Waals surface area contributed by atoms with Crippen LogP contribution in [0.25, 0.3) is 0 Å². The highest BCUT2D eigenvalue weighted by molar-refractivity contribution is 5.74. The third-order valence-corrected chi connectivity index (χ3v) is 0.458. The number of nitrogens with one attached hydrogen (secondary N) is 1. The van der Waals surface area contributed by atoms with Gasteiger partial charge in [-0.25, -0.2) is 4.99 Å². The Hall–Kier alpha value is -1.12. The third-order valence-electron chi connectivity index (χ3n) is 0.458. The smallest absolute Gasteiger partial charge is 0.0929 e. The second-order valence-corrected chi connectivity index (χ2v) is 1.01. The van der Waals surface area contributed by atoms with Crippen molar-refractivity contribution in [2.75, 3.05) is 7.05 Å². The lowest BCUT2D eigenvalue weighted by Gasteiger charge is -1.80. The van der Waals surface area contributed by atoms with Crippen molar-refractivity contribution in [3.63, 3.8) is 0 Å². The maximum absolute atomic E-state index is 3.65. The van der Waals surface area contributed by atoms with Gasteiger partial charge in [-0.3, -0.25) is 4.99 Å². The number of nitrogens with zero attached hydrogens (tertiary/aromatic N) is 2. The van der Waals surface area contributed by atoms with Gasteiger partial charge in [-0.1, -0.05) is 6.58 Å². The molecule has 0 radical (unpaired) electrons. The maximum atomic E-state index is 3.65. The summed E-state index contributed by atoms with van der Waals surface area (Å²) in [5.41, 5.74) is 0. The third kappa shape index (κ3) is 4.88. The highest BCUT2D eigenvalue weighted by Crippen LogP contribution is 1.57. The molecule has 0 bridgehead atoms. The van der Waals surface area contributed by atoms with Gasteiger partial charge in [0, 0.05) is 13.2 Å². The van der Waals surface area contributed by atoms with E-state index in [0.717, 1.165) is 0 Å². The maximum Gasteiger partial charge on any atom is 0.0929 e. The fourth-order valence-electron chi connectivity index (χ4n) is 0.204. The quantitative estimate of drug-likeness (QED) is 0.415. The standard InChI is InChI=1S/C5H9N3/c1-3-7-5-8-4-6-2/h3-5H,1H2,2H3,(H,6,7,8). The first kappa shape index (κ1) is 6.88. The Morgan fingerprint density at radius 2 is 2.25 bits per heavy atom. The fourth-order valence-corrected chi connectivity index (χ4v) is 0.204. The zero-order chi connectivity index (χ0) is 6.24. The Balaban J connectivity index is 3.15. The fraction of sp³-hybridized carbons (Fsp3) is 0.200. The van der Waals surface area contributed by atoms with E-state index in [-0.39, 0.29) is 0 Å². The molecule has 0 spiro atoms. The molecule has 0 saturated heterocycles. The van der Waals surface area contributed by atoms with Crippen LogP contribution in [0.2, 0.25) is 0 Å². The monoisotopic (exact) mass is 111 g/mol. The zero-order valence-electron chi connectivity index (χ0n) is 4.83. The normalized spacial score (nSPS) is 10.6. The van der Waals surface area contributed by atoms with E-state index < -0.39 is 0 Å². The summed E-state index contributed by atoms with van der Waals surface area (Å²) < 4.78 is 0. The SMILES string of the molecule is C=CN=CNC=NC. The highest BCUT2D eigenvalue weighted by Gasteiger charge is 1.59. The van der Waals surface area contributed by atoms with Crippen molar-refractivity contribution in [3.8, 4) is 0 Å². The van der Waals surface area contributed by atoms with E-state index in [1.165, 1.54) is 18.9 Å². The van der Waals surface area contributed by atoms with Crippen LogP contribution < -0.4 is 5.32 Å². The van der Waals surface area contributed by atoms with E-state index in [1.54, 1.807) is 7.05 Å². The summed E-state index contributed by atoms with van der Waals surface area (Å²) in [6.45, 7) is 3.38. The van der Waals surface area contributed by atoms with Crippen LogP contribution in [0.4, 0.5) is 0 Å². The van der Waals surface area contributed by atoms with Gasteiger partial charge in [0.15, 0.2) is 0 Å². The lowest BCUT2D eigenvalue weighted by Crippen LogP contribution is -2.05. The molecule has 8 heavy (non-hydrogen) atoms. The van der Waals surface area contributed by atoms with Crippen LogP contribution in [-0.4, -0.2) is 19.7 Å². The predicted octanol–water partition coefficient (Wildman–Crippen LogP) is 0.406. The van der Waals surface area contributed by atoms with E-state index in [2.05, 4.69) is 21.9 Å². The lowest BCUT2D eigenvalue weighted by atomic mass is 11.0. The minimum atomic E-state index is 1.44. The van der Waals surface area contributed by atoms with Crippen LogP contribution in [0, 0.1) is 0 Å². The van der Waals surface area contributed by atoms with Gasteiger partial charge in [0.2, 0.25) is 0 Å². The molecule has 0 heterocycles. The van der Waals surface area contributed by atoms with Gasteiger partial charge in [-0.05, 0) is 0 Å². The van der Waals surface area contributed by atoms with Crippen LogP contribution in [0.15, 0.2) is 22.8 Å². The summed E-state index contributed by atoms with van der Waals surface area (Å²) >= 11 is 0. The van der Waals surface area contributed by atoms with Crippen molar-refractivity contribution in [1.29, 1.82) is 0 Å². The summed E-state index contributed by atoms with van der Waals surface area (Å²) in [6.07, 6.45) is 4.48. The van der Waals surface area contributed by atoms with Gasteiger partial charge in [0.05, 0.1) is 12.7 Å². The molecule has 44 valence electrons. The Kier molecular flexibility index (Phi) is 5.06. The molecule has 0 unspecified atom stereocenters. The van der Waals surface area contributed by atoms with Gasteiger partial charge < -0.3 is 5.32 Å². The first-order valence-electron chi connectivity index (χ1n) is 2.21. The van der Waals surface area contributed by atoms with E-state index >= 15 is 0 Å². The Morgan fingerprint density at radius 3 is 2.75 bits per heavy atom. The molecular formula is C5H9N3. The molecule has 0 rings (SSSR count). The number of rotatable bonds is 3. The van der Waals surface area contributed by atoms with Crippen LogP contribution in [-0.2, 0) is 0 Å². The molecule has 0 aliphatic rings. The van der Waals surface area contributed by atoms with Gasteiger partial charge in [0.25, 0.3) is 0 Å². The van der Waals surface area contributed by atoms with Gasteiger partial charge in [0.1, 0.15) is 0 Å². The van der Waals surface area contributed by atoms with Crippen molar-refractivity contribution in [3.05, 3.63) is 12.8 Å². The summed E-state index contributed by atoms with van der Waals surface area (Å²) in [5, 5.41) is 2.68. The summed E-state index contributed by atoms with van der Waals surface area (Å²) in [7, 11) is 1.68. The molecule has 0 aromatic carbocycles. The average Bonchev–Trinajstić information content (AvgIpc) is 1.81. The Bertz CT molecular complexity index is 104. The predicted molar refractivity (Wildman–Crippen MR) is 36.2 cm³/mol.